The first-order valence-electron chi connectivity index (χ1n) is 20.2. The quantitative estimate of drug-likeness (QED) is 0.186. The third kappa shape index (κ3) is 3.83. The van der Waals surface area contributed by atoms with Crippen LogP contribution in [0.5, 0.6) is 11.5 Å². The van der Waals surface area contributed by atoms with E-state index >= 15 is 0 Å². The highest BCUT2D eigenvalue weighted by molar-refractivity contribution is 7.01. The van der Waals surface area contributed by atoms with Crippen molar-refractivity contribution in [3.8, 4) is 11.5 Å². The maximum atomic E-state index is 9.21. The Labute approximate surface area is 269 Å². The number of fused-ring (bicyclic) bond motifs is 6. The number of para-hydroxylation sites is 2. The van der Waals surface area contributed by atoms with E-state index < -0.39 is 40.1 Å². The summed E-state index contributed by atoms with van der Waals surface area (Å²) in [7, 11) is -5.20. The van der Waals surface area contributed by atoms with Gasteiger partial charge in [0, 0.05) is 33.0 Å². The molecule has 0 saturated heterocycles. The van der Waals surface area contributed by atoms with E-state index in [9.17, 15) is 8.22 Å². The van der Waals surface area contributed by atoms with Gasteiger partial charge < -0.3 is 4.74 Å². The Morgan fingerprint density at radius 3 is 1.60 bits per heavy atom. The molecule has 43 heavy (non-hydrogen) atoms. The topological polar surface area (TPSA) is 9.23 Å². The van der Waals surface area contributed by atoms with Gasteiger partial charge in [0.25, 0.3) is 0 Å². The first-order valence-corrected chi connectivity index (χ1v) is 16.2. The molecule has 0 atom stereocenters. The first-order chi connectivity index (χ1) is 25.9. The number of hydrogen-bond donors (Lipinski definition) is 0. The lowest BCUT2D eigenvalue weighted by Crippen LogP contribution is -2.54. The molecule has 6 aromatic rings. The van der Waals surface area contributed by atoms with E-state index in [0.29, 0.717) is 5.22 Å². The molecular formula is C41H34OSi. The van der Waals surface area contributed by atoms with E-state index in [2.05, 4.69) is 6.07 Å². The van der Waals surface area contributed by atoms with Crippen molar-refractivity contribution in [2.45, 2.75) is 32.1 Å². The van der Waals surface area contributed by atoms with Crippen molar-refractivity contribution in [1.29, 1.82) is 0 Å². The third-order valence-electron chi connectivity index (χ3n) is 8.72. The molecule has 208 valence electrons. The van der Waals surface area contributed by atoms with Crippen LogP contribution in [0, 0.1) is 41.7 Å². The van der Waals surface area contributed by atoms with Gasteiger partial charge in [-0.15, -0.1) is 0 Å². The highest BCUT2D eigenvalue weighted by atomic mass is 28.3. The van der Waals surface area contributed by atoms with Crippen LogP contribution in [0.2, 0.25) is 13.0 Å². The SMILES string of the molecule is [2H]C([2H])([2H])C1(C([2H])([2H])[2H])c2ccccc2Oc2c1cccc2[Si](c1ccc2/c(c1)=c1/cccc/c1=c1\cccc\c1=c1/cccc/c1=2)(C([2H])([2H])[2H])C([2H])([2H])[2H]. The van der Waals surface area contributed by atoms with Crippen LogP contribution in [0.3, 0.4) is 0 Å². The van der Waals surface area contributed by atoms with E-state index in [1.165, 1.54) is 36.4 Å². The predicted molar refractivity (Wildman–Crippen MR) is 178 cm³/mol. The molecule has 0 N–H and O–H groups in total. The number of ether oxygens (including phenoxy) is 1. The summed E-state index contributed by atoms with van der Waals surface area (Å²) in [5.74, 6) is -0.463. The van der Waals surface area contributed by atoms with Gasteiger partial charge in [0.1, 0.15) is 19.6 Å². The minimum absolute atomic E-state index is 0.0385. The zero-order valence-electron chi connectivity index (χ0n) is 35.1. The fraction of sp³-hybridized carbons (Fsp3) is 0.122. The highest BCUT2D eigenvalue weighted by Gasteiger charge is 2.39. The van der Waals surface area contributed by atoms with Crippen LogP contribution in [-0.4, -0.2) is 8.07 Å². The monoisotopic (exact) mass is 582 g/mol. The summed E-state index contributed by atoms with van der Waals surface area (Å²) in [5, 5.41) is 6.62. The average Bonchev–Trinajstić information content (AvgIpc) is 3.11. The molecule has 0 spiro atoms. The van der Waals surface area contributed by atoms with E-state index in [0.717, 1.165) is 36.5 Å². The molecule has 0 bridgehead atoms. The van der Waals surface area contributed by atoms with E-state index in [1.54, 1.807) is 24.3 Å². The molecular weight excluding hydrogens is 537 g/mol. The van der Waals surface area contributed by atoms with Gasteiger partial charge in [-0.2, -0.15) is 0 Å². The summed E-state index contributed by atoms with van der Waals surface area (Å²) in [6, 6.07) is 38.5. The molecule has 0 saturated carbocycles. The van der Waals surface area contributed by atoms with Crippen LogP contribution >= 0.6 is 0 Å². The van der Waals surface area contributed by atoms with Crippen molar-refractivity contribution < 1.29 is 21.2 Å². The summed E-state index contributed by atoms with van der Waals surface area (Å²) in [4.78, 5) is 0. The van der Waals surface area contributed by atoms with Gasteiger partial charge >= 0.3 is 0 Å². The van der Waals surface area contributed by atoms with E-state index in [-0.39, 0.29) is 33.0 Å². The van der Waals surface area contributed by atoms with Gasteiger partial charge in [0.05, 0.1) is 0 Å². The molecule has 1 aliphatic carbocycles. The van der Waals surface area contributed by atoms with Gasteiger partial charge in [0.15, 0.2) is 0 Å². The minimum atomic E-state index is -5.20. The first kappa shape index (κ1) is 16.3. The lowest BCUT2D eigenvalue weighted by molar-refractivity contribution is 0.421. The Bertz CT molecular complexity index is 2900. The second-order valence-corrected chi connectivity index (χ2v) is 13.8. The van der Waals surface area contributed by atoms with Crippen molar-refractivity contribution >= 4 is 18.4 Å². The Morgan fingerprint density at radius 1 is 0.512 bits per heavy atom. The van der Waals surface area contributed by atoms with Crippen molar-refractivity contribution in [3.05, 3.63) is 186 Å². The molecule has 1 heterocycles. The molecule has 0 aromatic heterocycles. The Hall–Kier alpha value is -4.66. The fourth-order valence-electron chi connectivity index (χ4n) is 6.61. The van der Waals surface area contributed by atoms with Crippen LogP contribution < -0.4 is 15.1 Å². The largest absolute Gasteiger partial charge is 0.457 e. The Kier molecular flexibility index (Phi) is 3.56. The highest BCUT2D eigenvalue weighted by Crippen LogP contribution is 2.47. The predicted octanol–water partition coefficient (Wildman–Crippen LogP) is 8.40. The molecule has 1 aliphatic heterocycles. The lowest BCUT2D eigenvalue weighted by Gasteiger charge is -2.37. The van der Waals surface area contributed by atoms with Crippen LogP contribution in [0.25, 0.3) is 0 Å². The van der Waals surface area contributed by atoms with Crippen LogP contribution in [0.15, 0.2) is 133 Å². The minimum Gasteiger partial charge on any atom is -0.457 e. The van der Waals surface area contributed by atoms with Crippen LogP contribution in [0.1, 0.15) is 41.3 Å². The number of hydrogen-bond acceptors (Lipinski definition) is 1. The van der Waals surface area contributed by atoms with Crippen molar-refractivity contribution in [2.75, 3.05) is 0 Å². The normalized spacial score (nSPS) is 22.6. The second-order valence-electron chi connectivity index (χ2n) is 11.2. The van der Waals surface area contributed by atoms with Gasteiger partial charge in [-0.05, 0) is 53.0 Å². The zero-order chi connectivity index (χ0) is 39.3. The van der Waals surface area contributed by atoms with Gasteiger partial charge in [-0.3, -0.25) is 0 Å². The average molecular weight is 583 g/mol. The van der Waals surface area contributed by atoms with Crippen LogP contribution in [0.4, 0.5) is 0 Å². The maximum absolute atomic E-state index is 9.21. The molecule has 6 aromatic carbocycles. The second kappa shape index (κ2) is 9.42. The van der Waals surface area contributed by atoms with Gasteiger partial charge in [-0.1, -0.05) is 159 Å². The summed E-state index contributed by atoms with van der Waals surface area (Å²) in [5.41, 5.74) is -3.10. The molecule has 2 heteroatoms. The zero-order valence-corrected chi connectivity index (χ0v) is 24.1. The molecule has 0 amide bonds. The molecule has 0 fully saturated rings. The summed E-state index contributed by atoms with van der Waals surface area (Å²) in [6.07, 6.45) is 0. The number of benzene rings is 6. The van der Waals surface area contributed by atoms with E-state index in [4.69, 9.17) is 13.0 Å². The van der Waals surface area contributed by atoms with Gasteiger partial charge in [-0.25, -0.2) is 0 Å². The molecule has 0 radical (unpaired) electrons. The van der Waals surface area contributed by atoms with E-state index in [1.807, 2.05) is 66.7 Å². The fourth-order valence-corrected chi connectivity index (χ4v) is 8.49. The molecule has 8 rings (SSSR count). The van der Waals surface area contributed by atoms with Crippen LogP contribution in [-0.2, 0) is 5.41 Å². The standard InChI is InChI=1S/C41H34OSi/c1-41(2)36-20-11-12-22-38(36)42-40-37(41)21-13-23-39(40)43(3,4)27-24-25-34-32-18-8-7-16-30(32)28-14-5-6-15-29(28)31-17-9-10-19-33(31)35(34)26-27/h5-26H,1-4H3/b30-28-,31-29-,34-32-,35-33-/i1D3,2D3,3D3,4D3. The maximum Gasteiger partial charge on any atom is 0.131 e. The van der Waals surface area contributed by atoms with Crippen molar-refractivity contribution in [2.24, 2.45) is 0 Å². The molecule has 2 aliphatic rings. The third-order valence-corrected chi connectivity index (χ3v) is 11.1. The van der Waals surface area contributed by atoms with Gasteiger partial charge in [0.2, 0.25) is 0 Å². The number of rotatable bonds is 2. The van der Waals surface area contributed by atoms with Crippen molar-refractivity contribution in [3.63, 3.8) is 0 Å². The smallest absolute Gasteiger partial charge is 0.131 e. The summed E-state index contributed by atoms with van der Waals surface area (Å²) < 4.78 is 114. The Morgan fingerprint density at radius 2 is 1.02 bits per heavy atom. The summed E-state index contributed by atoms with van der Waals surface area (Å²) >= 11 is 0. The molecule has 1 nitrogen and oxygen atoms in total. The lowest BCUT2D eigenvalue weighted by atomic mass is 9.76. The van der Waals surface area contributed by atoms with Crippen molar-refractivity contribution in [1.82, 2.24) is 0 Å². The molecule has 0 unspecified atom stereocenters. The summed E-state index contributed by atoms with van der Waals surface area (Å²) in [6.45, 7) is -12.8. The Balaban J connectivity index is 1.61.